The van der Waals surface area contributed by atoms with Crippen molar-refractivity contribution in [3.63, 3.8) is 0 Å². The van der Waals surface area contributed by atoms with E-state index in [0.29, 0.717) is 46.8 Å². The van der Waals surface area contributed by atoms with Gasteiger partial charge in [-0.2, -0.15) is 4.98 Å². The summed E-state index contributed by atoms with van der Waals surface area (Å²) in [6.45, 7) is 0. The van der Waals surface area contributed by atoms with E-state index in [0.717, 1.165) is 29.7 Å². The van der Waals surface area contributed by atoms with Crippen molar-refractivity contribution in [3.8, 4) is 34.4 Å². The number of rotatable bonds is 6. The van der Waals surface area contributed by atoms with Crippen LogP contribution >= 0.6 is 0 Å². The van der Waals surface area contributed by atoms with Gasteiger partial charge in [0.05, 0.1) is 28.4 Å². The number of carbonyl (C=O) groups is 1. The van der Waals surface area contributed by atoms with Crippen LogP contribution in [0.5, 0.6) is 23.0 Å². The summed E-state index contributed by atoms with van der Waals surface area (Å²) in [4.78, 5) is 17.9. The fourth-order valence-electron chi connectivity index (χ4n) is 4.63. The number of benzene rings is 2. The Morgan fingerprint density at radius 2 is 1.74 bits per heavy atom. The molecule has 0 radical (unpaired) electrons. The predicted octanol–water partition coefficient (Wildman–Crippen LogP) is 4.00. The Hall–Kier alpha value is -4.01. The molecule has 1 unspecified atom stereocenters. The molecular weight excluding hydrogens is 436 g/mol. The average molecular weight is 463 g/mol. The molecule has 1 aromatic heterocycles. The molecule has 0 bridgehead atoms. The number of aromatic nitrogens is 3. The second-order valence-corrected chi connectivity index (χ2v) is 8.08. The van der Waals surface area contributed by atoms with Gasteiger partial charge in [-0.25, -0.2) is 4.68 Å². The van der Waals surface area contributed by atoms with Crippen molar-refractivity contribution in [3.05, 3.63) is 53.2 Å². The summed E-state index contributed by atoms with van der Waals surface area (Å²) < 4.78 is 23.8. The first kappa shape index (κ1) is 21.8. The number of nitrogens with one attached hydrogen (secondary N) is 1. The quantitative estimate of drug-likeness (QED) is 0.587. The summed E-state index contributed by atoms with van der Waals surface area (Å²) in [6, 6.07) is 10.6. The van der Waals surface area contributed by atoms with Gasteiger partial charge in [-0.15, -0.1) is 5.10 Å². The van der Waals surface area contributed by atoms with Crippen LogP contribution in [0.25, 0.3) is 11.4 Å². The Morgan fingerprint density at radius 1 is 0.971 bits per heavy atom. The fraction of sp³-hybridized carbons (Fsp3) is 0.320. The van der Waals surface area contributed by atoms with Crippen molar-refractivity contribution >= 4 is 11.7 Å². The van der Waals surface area contributed by atoms with Gasteiger partial charge in [0.15, 0.2) is 23.1 Å². The zero-order chi connectivity index (χ0) is 23.8. The molecule has 1 aliphatic heterocycles. The van der Waals surface area contributed by atoms with Crippen LogP contribution in [0.2, 0.25) is 0 Å². The molecule has 176 valence electrons. The molecule has 2 aromatic carbocycles. The molecule has 0 spiro atoms. The topological polar surface area (TPSA) is 96.7 Å². The highest BCUT2D eigenvalue weighted by Crippen LogP contribution is 2.45. The van der Waals surface area contributed by atoms with Gasteiger partial charge in [-0.05, 0) is 31.0 Å². The SMILES string of the molecule is COc1cc(OC)cc(-c2nc3n(n2)C(c2cccc(OC)c2OC)C2=C(CCCC2=O)N3)c1. The van der Waals surface area contributed by atoms with Crippen molar-refractivity contribution in [1.29, 1.82) is 0 Å². The van der Waals surface area contributed by atoms with E-state index in [1.54, 1.807) is 39.2 Å². The molecule has 1 atom stereocenters. The molecule has 1 aliphatic carbocycles. The Balaban J connectivity index is 1.71. The number of nitrogens with zero attached hydrogens (tertiary/aromatic N) is 3. The largest absolute Gasteiger partial charge is 0.497 e. The van der Waals surface area contributed by atoms with Crippen molar-refractivity contribution in [2.24, 2.45) is 0 Å². The van der Waals surface area contributed by atoms with Gasteiger partial charge in [0.2, 0.25) is 5.95 Å². The van der Waals surface area contributed by atoms with E-state index in [4.69, 9.17) is 29.0 Å². The first-order chi connectivity index (χ1) is 16.6. The minimum absolute atomic E-state index is 0.0920. The Morgan fingerprint density at radius 3 is 2.41 bits per heavy atom. The van der Waals surface area contributed by atoms with Crippen LogP contribution in [0.15, 0.2) is 47.7 Å². The third kappa shape index (κ3) is 3.53. The maximum Gasteiger partial charge on any atom is 0.226 e. The standard InChI is InChI=1S/C25H26N4O5/c1-31-15-11-14(12-16(13-15)32-2)24-27-25-26-18-8-6-9-19(30)21(18)22(29(25)28-24)17-7-5-10-20(33-3)23(17)34-4/h5,7,10-13,22H,6,8-9H2,1-4H3,(H,26,27,28). The van der Waals surface area contributed by atoms with Gasteiger partial charge >= 0.3 is 0 Å². The first-order valence-electron chi connectivity index (χ1n) is 11.0. The zero-order valence-corrected chi connectivity index (χ0v) is 19.5. The minimum Gasteiger partial charge on any atom is -0.497 e. The van der Waals surface area contributed by atoms with Crippen LogP contribution in [0.4, 0.5) is 5.95 Å². The molecule has 2 heterocycles. The minimum atomic E-state index is -0.502. The van der Waals surface area contributed by atoms with E-state index in [1.807, 2.05) is 30.3 Å². The summed E-state index contributed by atoms with van der Waals surface area (Å²) in [6.07, 6.45) is 2.05. The fourth-order valence-corrected chi connectivity index (χ4v) is 4.63. The summed E-state index contributed by atoms with van der Waals surface area (Å²) in [5.74, 6) is 3.55. The molecule has 5 rings (SSSR count). The molecule has 9 nitrogen and oxygen atoms in total. The number of carbonyl (C=O) groups excluding carboxylic acids is 1. The molecule has 0 saturated carbocycles. The first-order valence-corrected chi connectivity index (χ1v) is 11.0. The monoisotopic (exact) mass is 462 g/mol. The van der Waals surface area contributed by atoms with Crippen molar-refractivity contribution in [1.82, 2.24) is 14.8 Å². The number of fused-ring (bicyclic) bond motifs is 1. The molecular formula is C25H26N4O5. The lowest BCUT2D eigenvalue weighted by Crippen LogP contribution is -2.31. The normalized spacial score (nSPS) is 16.9. The summed E-state index contributed by atoms with van der Waals surface area (Å²) >= 11 is 0. The zero-order valence-electron chi connectivity index (χ0n) is 19.5. The Bertz CT molecular complexity index is 1270. The van der Waals surface area contributed by atoms with Crippen molar-refractivity contribution < 1.29 is 23.7 Å². The number of anilines is 1. The van der Waals surface area contributed by atoms with E-state index < -0.39 is 6.04 Å². The second kappa shape index (κ2) is 8.74. The number of allylic oxidation sites excluding steroid dienone is 2. The smallest absolute Gasteiger partial charge is 0.226 e. The molecule has 0 saturated heterocycles. The number of para-hydroxylation sites is 1. The third-order valence-electron chi connectivity index (χ3n) is 6.21. The molecule has 34 heavy (non-hydrogen) atoms. The van der Waals surface area contributed by atoms with E-state index in [2.05, 4.69) is 5.32 Å². The van der Waals surface area contributed by atoms with Crippen LogP contribution in [0, 0.1) is 0 Å². The summed E-state index contributed by atoms with van der Waals surface area (Å²) in [7, 11) is 6.38. The highest BCUT2D eigenvalue weighted by molar-refractivity contribution is 5.99. The van der Waals surface area contributed by atoms with Crippen LogP contribution < -0.4 is 24.3 Å². The molecule has 9 heteroatoms. The maximum atomic E-state index is 13.2. The lowest BCUT2D eigenvalue weighted by atomic mass is 9.85. The number of ketones is 1. The highest BCUT2D eigenvalue weighted by atomic mass is 16.5. The van der Waals surface area contributed by atoms with Gasteiger partial charge in [0.1, 0.15) is 17.5 Å². The number of hydrogen-bond acceptors (Lipinski definition) is 8. The lowest BCUT2D eigenvalue weighted by molar-refractivity contribution is -0.116. The van der Waals surface area contributed by atoms with Crippen LogP contribution in [-0.2, 0) is 4.79 Å². The number of Topliss-reactive ketones (excluding diaryl/α,β-unsaturated/α-hetero) is 1. The number of hydrogen-bond donors (Lipinski definition) is 1. The molecule has 3 aromatic rings. The molecule has 0 fully saturated rings. The highest BCUT2D eigenvalue weighted by Gasteiger charge is 2.38. The Kier molecular flexibility index (Phi) is 5.61. The summed E-state index contributed by atoms with van der Waals surface area (Å²) in [5, 5.41) is 8.19. The van der Waals surface area contributed by atoms with Gasteiger partial charge in [-0.1, -0.05) is 12.1 Å². The number of ether oxygens (including phenoxy) is 4. The second-order valence-electron chi connectivity index (χ2n) is 8.08. The van der Waals surface area contributed by atoms with Gasteiger partial charge in [0.25, 0.3) is 0 Å². The van der Waals surface area contributed by atoms with E-state index in [1.165, 1.54) is 0 Å². The van der Waals surface area contributed by atoms with Crippen LogP contribution in [0.1, 0.15) is 30.9 Å². The maximum absolute atomic E-state index is 13.2. The number of methoxy groups -OCH3 is 4. The molecule has 0 amide bonds. The van der Waals surface area contributed by atoms with Gasteiger partial charge in [0, 0.05) is 34.9 Å². The van der Waals surface area contributed by atoms with Crippen LogP contribution in [-0.4, -0.2) is 49.0 Å². The Labute approximate surface area is 197 Å². The summed E-state index contributed by atoms with van der Waals surface area (Å²) in [5.41, 5.74) is 3.08. The van der Waals surface area contributed by atoms with Gasteiger partial charge < -0.3 is 24.3 Å². The predicted molar refractivity (Wildman–Crippen MR) is 126 cm³/mol. The van der Waals surface area contributed by atoms with Crippen molar-refractivity contribution in [2.75, 3.05) is 33.8 Å². The van der Waals surface area contributed by atoms with Gasteiger partial charge in [-0.3, -0.25) is 4.79 Å². The lowest BCUT2D eigenvalue weighted by Gasteiger charge is -2.32. The van der Waals surface area contributed by atoms with Crippen LogP contribution in [0.3, 0.4) is 0 Å². The van der Waals surface area contributed by atoms with E-state index >= 15 is 0 Å². The average Bonchev–Trinajstić information content (AvgIpc) is 3.30. The third-order valence-corrected chi connectivity index (χ3v) is 6.21. The van der Waals surface area contributed by atoms with E-state index in [-0.39, 0.29) is 5.78 Å². The van der Waals surface area contributed by atoms with E-state index in [9.17, 15) is 4.79 Å². The molecule has 2 aliphatic rings. The van der Waals surface area contributed by atoms with Crippen molar-refractivity contribution in [2.45, 2.75) is 25.3 Å². The molecule has 1 N–H and O–H groups in total.